The van der Waals surface area contributed by atoms with Crippen LogP contribution >= 0.6 is 12.4 Å². The molecule has 1 N–H and O–H groups in total. The fourth-order valence-corrected chi connectivity index (χ4v) is 3.42. The van der Waals surface area contributed by atoms with Crippen LogP contribution in [0.25, 0.3) is 0 Å². The topological polar surface area (TPSA) is 41.6 Å². The standard InChI is InChI=1S/C16H22N2O2.ClH/c1-20-11-12-3-2-4-13(9-12)16(19)18-14-5-6-15(18)10-17-8-7-14;/h2-4,9,14-15,17H,5-8,10-11H2,1H3;1H. The minimum absolute atomic E-state index is 0. The Kier molecular flexibility index (Phi) is 5.62. The van der Waals surface area contributed by atoms with Crippen molar-refractivity contribution < 1.29 is 9.53 Å². The van der Waals surface area contributed by atoms with Crippen LogP contribution in [0.5, 0.6) is 0 Å². The SMILES string of the molecule is COCc1cccc(C(=O)N2C3CCNCC2CC3)c1.Cl. The molecule has 1 aromatic carbocycles. The third-order valence-electron chi connectivity index (χ3n) is 4.37. The molecule has 0 aromatic heterocycles. The third-order valence-corrected chi connectivity index (χ3v) is 4.37. The summed E-state index contributed by atoms with van der Waals surface area (Å²) in [5.74, 6) is 0.180. The van der Waals surface area contributed by atoms with Gasteiger partial charge in [-0.3, -0.25) is 4.79 Å². The van der Waals surface area contributed by atoms with Crippen molar-refractivity contribution >= 4 is 18.3 Å². The number of amides is 1. The smallest absolute Gasteiger partial charge is 0.254 e. The highest BCUT2D eigenvalue weighted by molar-refractivity contribution is 5.95. The molecule has 116 valence electrons. The first-order chi connectivity index (χ1) is 9.79. The maximum absolute atomic E-state index is 12.8. The van der Waals surface area contributed by atoms with Crippen molar-refractivity contribution in [1.29, 1.82) is 0 Å². The van der Waals surface area contributed by atoms with Gasteiger partial charge < -0.3 is 15.0 Å². The molecule has 2 atom stereocenters. The molecule has 2 unspecified atom stereocenters. The Morgan fingerprint density at radius 2 is 2.14 bits per heavy atom. The molecule has 2 bridgehead atoms. The molecule has 1 aromatic rings. The van der Waals surface area contributed by atoms with E-state index in [4.69, 9.17) is 4.74 Å². The largest absolute Gasteiger partial charge is 0.380 e. The number of benzene rings is 1. The summed E-state index contributed by atoms with van der Waals surface area (Å²) in [6.45, 7) is 2.50. The molecular formula is C16H23ClN2O2. The Morgan fingerprint density at radius 3 is 2.95 bits per heavy atom. The van der Waals surface area contributed by atoms with E-state index in [-0.39, 0.29) is 18.3 Å². The molecule has 5 heteroatoms. The van der Waals surface area contributed by atoms with E-state index in [2.05, 4.69) is 10.2 Å². The molecule has 2 heterocycles. The van der Waals surface area contributed by atoms with Gasteiger partial charge >= 0.3 is 0 Å². The molecule has 4 nitrogen and oxygen atoms in total. The number of carbonyl (C=O) groups excluding carboxylic acids is 1. The summed E-state index contributed by atoms with van der Waals surface area (Å²) in [5.41, 5.74) is 1.84. The predicted molar refractivity (Wildman–Crippen MR) is 84.9 cm³/mol. The highest BCUT2D eigenvalue weighted by Crippen LogP contribution is 2.29. The van der Waals surface area contributed by atoms with Crippen molar-refractivity contribution in [2.24, 2.45) is 0 Å². The van der Waals surface area contributed by atoms with E-state index in [9.17, 15) is 4.79 Å². The number of fused-ring (bicyclic) bond motifs is 2. The number of rotatable bonds is 3. The van der Waals surface area contributed by atoms with Crippen LogP contribution < -0.4 is 5.32 Å². The average molecular weight is 311 g/mol. The van der Waals surface area contributed by atoms with Crippen LogP contribution in [-0.2, 0) is 11.3 Å². The van der Waals surface area contributed by atoms with Gasteiger partial charge in [0.15, 0.2) is 0 Å². The van der Waals surface area contributed by atoms with Crippen LogP contribution in [-0.4, -0.2) is 43.1 Å². The van der Waals surface area contributed by atoms with E-state index in [1.807, 2.05) is 24.3 Å². The number of hydrogen-bond acceptors (Lipinski definition) is 3. The third kappa shape index (κ3) is 3.39. The van der Waals surface area contributed by atoms with E-state index >= 15 is 0 Å². The van der Waals surface area contributed by atoms with Gasteiger partial charge in [0.05, 0.1) is 6.61 Å². The summed E-state index contributed by atoms with van der Waals surface area (Å²) < 4.78 is 5.15. The lowest BCUT2D eigenvalue weighted by Gasteiger charge is -2.28. The number of methoxy groups -OCH3 is 1. The lowest BCUT2D eigenvalue weighted by molar-refractivity contribution is 0.0680. The van der Waals surface area contributed by atoms with E-state index in [0.717, 1.165) is 43.5 Å². The Hall–Kier alpha value is -1.10. The number of carbonyl (C=O) groups is 1. The van der Waals surface area contributed by atoms with Crippen LogP contribution in [0.15, 0.2) is 24.3 Å². The van der Waals surface area contributed by atoms with E-state index in [1.54, 1.807) is 7.11 Å². The maximum atomic E-state index is 12.8. The number of ether oxygens (including phenoxy) is 1. The monoisotopic (exact) mass is 310 g/mol. The second-order valence-electron chi connectivity index (χ2n) is 5.72. The number of halogens is 1. The number of nitrogens with zero attached hydrogens (tertiary/aromatic N) is 1. The minimum atomic E-state index is 0. The zero-order chi connectivity index (χ0) is 13.9. The second kappa shape index (κ2) is 7.25. The molecule has 2 fully saturated rings. The fraction of sp³-hybridized carbons (Fsp3) is 0.562. The normalized spacial score (nSPS) is 24.3. The van der Waals surface area contributed by atoms with Gasteiger partial charge in [0, 0.05) is 31.3 Å². The van der Waals surface area contributed by atoms with Gasteiger partial charge in [-0.05, 0) is 43.5 Å². The van der Waals surface area contributed by atoms with Crippen LogP contribution in [0.1, 0.15) is 35.2 Å². The minimum Gasteiger partial charge on any atom is -0.380 e. The van der Waals surface area contributed by atoms with Gasteiger partial charge in [-0.2, -0.15) is 0 Å². The average Bonchev–Trinajstić information content (AvgIpc) is 2.72. The molecule has 0 radical (unpaired) electrons. The zero-order valence-electron chi connectivity index (χ0n) is 12.4. The highest BCUT2D eigenvalue weighted by Gasteiger charge is 2.38. The molecule has 2 saturated heterocycles. The lowest BCUT2D eigenvalue weighted by atomic mass is 10.1. The molecule has 0 spiro atoms. The van der Waals surface area contributed by atoms with Crippen LogP contribution in [0.3, 0.4) is 0 Å². The van der Waals surface area contributed by atoms with Gasteiger partial charge in [-0.25, -0.2) is 0 Å². The molecule has 2 aliphatic heterocycles. The molecule has 2 aliphatic rings. The summed E-state index contributed by atoms with van der Waals surface area (Å²) in [4.78, 5) is 14.9. The van der Waals surface area contributed by atoms with Crippen molar-refractivity contribution in [3.63, 3.8) is 0 Å². The first-order valence-electron chi connectivity index (χ1n) is 7.41. The molecule has 0 aliphatic carbocycles. The molecule has 0 saturated carbocycles. The Labute approximate surface area is 132 Å². The van der Waals surface area contributed by atoms with Crippen LogP contribution in [0, 0.1) is 0 Å². The summed E-state index contributed by atoms with van der Waals surface area (Å²) in [5, 5.41) is 3.43. The molecular weight excluding hydrogens is 288 g/mol. The summed E-state index contributed by atoms with van der Waals surface area (Å²) in [7, 11) is 1.68. The van der Waals surface area contributed by atoms with Crippen LogP contribution in [0.2, 0.25) is 0 Å². The molecule has 1 amide bonds. The lowest BCUT2D eigenvalue weighted by Crippen LogP contribution is -2.42. The Morgan fingerprint density at radius 1 is 1.33 bits per heavy atom. The van der Waals surface area contributed by atoms with Crippen LogP contribution in [0.4, 0.5) is 0 Å². The van der Waals surface area contributed by atoms with Gasteiger partial charge in [0.2, 0.25) is 0 Å². The highest BCUT2D eigenvalue weighted by atomic mass is 35.5. The zero-order valence-corrected chi connectivity index (χ0v) is 13.2. The summed E-state index contributed by atoms with van der Waals surface area (Å²) >= 11 is 0. The molecule has 21 heavy (non-hydrogen) atoms. The van der Waals surface area contributed by atoms with Gasteiger partial charge in [-0.1, -0.05) is 12.1 Å². The summed E-state index contributed by atoms with van der Waals surface area (Å²) in [6.07, 6.45) is 3.34. The number of hydrogen-bond donors (Lipinski definition) is 1. The van der Waals surface area contributed by atoms with Crippen molar-refractivity contribution in [2.45, 2.75) is 38.0 Å². The Balaban J connectivity index is 0.00000161. The van der Waals surface area contributed by atoms with Crippen molar-refractivity contribution in [2.75, 3.05) is 20.2 Å². The van der Waals surface area contributed by atoms with Gasteiger partial charge in [0.1, 0.15) is 0 Å². The van der Waals surface area contributed by atoms with E-state index < -0.39 is 0 Å². The van der Waals surface area contributed by atoms with Gasteiger partial charge in [-0.15, -0.1) is 12.4 Å². The van der Waals surface area contributed by atoms with Crippen molar-refractivity contribution in [3.05, 3.63) is 35.4 Å². The summed E-state index contributed by atoms with van der Waals surface area (Å²) in [6, 6.07) is 8.59. The molecule has 3 rings (SSSR count). The maximum Gasteiger partial charge on any atom is 0.254 e. The van der Waals surface area contributed by atoms with Gasteiger partial charge in [0.25, 0.3) is 5.91 Å². The predicted octanol–water partition coefficient (Wildman–Crippen LogP) is 2.22. The van der Waals surface area contributed by atoms with E-state index in [0.29, 0.717) is 18.7 Å². The first kappa shape index (κ1) is 16.3. The van der Waals surface area contributed by atoms with Crippen molar-refractivity contribution in [3.8, 4) is 0 Å². The second-order valence-corrected chi connectivity index (χ2v) is 5.72. The van der Waals surface area contributed by atoms with Crippen molar-refractivity contribution in [1.82, 2.24) is 10.2 Å². The fourth-order valence-electron chi connectivity index (χ4n) is 3.42. The van der Waals surface area contributed by atoms with E-state index in [1.165, 1.54) is 0 Å². The number of nitrogens with one attached hydrogen (secondary N) is 1. The quantitative estimate of drug-likeness (QED) is 0.931. The Bertz CT molecular complexity index is 481. The first-order valence-corrected chi connectivity index (χ1v) is 7.41.